The first-order valence-corrected chi connectivity index (χ1v) is 17.8. The second-order valence-corrected chi connectivity index (χ2v) is 13.8. The molecule has 4 aromatic carbocycles. The number of halogens is 2. The number of hydrogen-bond donors (Lipinski definition) is 1. The van der Waals surface area contributed by atoms with Gasteiger partial charge in [-0.3, -0.25) is 14.5 Å². The topological polar surface area (TPSA) is 102 Å². The Hall–Kier alpha value is -4.61. The average Bonchev–Trinajstić information content (AvgIpc) is 3.68. The Kier molecular flexibility index (Phi) is 11.0. The summed E-state index contributed by atoms with van der Waals surface area (Å²) in [6.45, 7) is 2.51. The summed E-state index contributed by atoms with van der Waals surface area (Å²) in [6, 6.07) is 28.5. The van der Waals surface area contributed by atoms with E-state index in [1.165, 1.54) is 22.7 Å². The van der Waals surface area contributed by atoms with Gasteiger partial charge in [-0.15, -0.1) is 10.2 Å². The zero-order valence-electron chi connectivity index (χ0n) is 26.1. The molecule has 5 aromatic rings. The Labute approximate surface area is 301 Å². The van der Waals surface area contributed by atoms with Gasteiger partial charge in [-0.05, 0) is 59.5 Å². The molecule has 0 spiro atoms. The molecular weight excluding hydrogens is 701 g/mol. The second-order valence-electron chi connectivity index (χ2n) is 10.7. The minimum absolute atomic E-state index is 0.0880. The van der Waals surface area contributed by atoms with Crippen molar-refractivity contribution in [2.75, 3.05) is 11.5 Å². The van der Waals surface area contributed by atoms with E-state index in [1.54, 1.807) is 36.4 Å². The summed E-state index contributed by atoms with van der Waals surface area (Å²) in [4.78, 5) is 28.9. The number of rotatable bonds is 13. The van der Waals surface area contributed by atoms with Crippen molar-refractivity contribution in [3.8, 4) is 11.5 Å². The number of ketones is 1. The van der Waals surface area contributed by atoms with Gasteiger partial charge in [-0.1, -0.05) is 125 Å². The molecule has 0 aliphatic carbocycles. The fraction of sp³-hybridized carbons (Fsp3) is 0.135. The van der Waals surface area contributed by atoms with Crippen LogP contribution in [0.5, 0.6) is 11.5 Å². The molecule has 0 saturated carbocycles. The summed E-state index contributed by atoms with van der Waals surface area (Å²) in [5.41, 5.74) is 3.06. The molecule has 0 fully saturated rings. The van der Waals surface area contributed by atoms with Crippen LogP contribution in [0.3, 0.4) is 0 Å². The summed E-state index contributed by atoms with van der Waals surface area (Å²) in [5, 5.41) is 21.1. The van der Waals surface area contributed by atoms with Crippen LogP contribution in [0.15, 0.2) is 119 Å². The number of anilines is 1. The lowest BCUT2D eigenvalue weighted by molar-refractivity contribution is -0.117. The van der Waals surface area contributed by atoms with Crippen LogP contribution in [0, 0.1) is 0 Å². The molecule has 6 rings (SSSR count). The van der Waals surface area contributed by atoms with Crippen LogP contribution >= 0.6 is 46.3 Å². The van der Waals surface area contributed by atoms with Crippen LogP contribution in [0.2, 0.25) is 10.0 Å². The minimum atomic E-state index is -1.03. The molecule has 1 atom stereocenters. The smallest absolute Gasteiger partial charge is 0.296 e. The maximum absolute atomic E-state index is 13.8. The first-order valence-electron chi connectivity index (χ1n) is 15.2. The Bertz CT molecular complexity index is 2040. The van der Waals surface area contributed by atoms with Gasteiger partial charge < -0.3 is 14.6 Å². The molecule has 1 unspecified atom stereocenters. The molecule has 0 saturated heterocycles. The maximum Gasteiger partial charge on any atom is 0.296 e. The quantitative estimate of drug-likeness (QED) is 0.0727. The molecule has 1 N–H and O–H groups in total. The number of carbonyl (C=O) groups excluding carboxylic acids is 2. The number of nitrogens with zero attached hydrogens (tertiary/aromatic N) is 3. The van der Waals surface area contributed by atoms with Gasteiger partial charge in [0.25, 0.3) is 5.91 Å². The highest BCUT2D eigenvalue weighted by atomic mass is 35.5. The largest absolute Gasteiger partial charge is 0.503 e. The molecule has 1 aliphatic rings. The molecule has 248 valence electrons. The summed E-state index contributed by atoms with van der Waals surface area (Å²) >= 11 is 15.0. The van der Waals surface area contributed by atoms with E-state index in [0.29, 0.717) is 50.4 Å². The molecule has 1 aromatic heterocycles. The van der Waals surface area contributed by atoms with Crippen molar-refractivity contribution in [1.82, 2.24) is 10.2 Å². The van der Waals surface area contributed by atoms with E-state index in [0.717, 1.165) is 28.0 Å². The number of amides is 1. The van der Waals surface area contributed by atoms with Gasteiger partial charge in [-0.25, -0.2) is 0 Å². The number of aliphatic hydroxyl groups excluding tert-OH is 1. The highest BCUT2D eigenvalue weighted by molar-refractivity contribution is 8.00. The highest BCUT2D eigenvalue weighted by Crippen LogP contribution is 2.45. The number of ether oxygens (including phenoxy) is 2. The maximum atomic E-state index is 13.8. The first kappa shape index (κ1) is 34.3. The molecule has 1 aliphatic heterocycles. The Morgan fingerprint density at radius 3 is 2.45 bits per heavy atom. The van der Waals surface area contributed by atoms with Crippen molar-refractivity contribution in [2.24, 2.45) is 0 Å². The summed E-state index contributed by atoms with van der Waals surface area (Å²) in [6.07, 6.45) is 2.99. The SMILES string of the molecule is CCOc1cc(C2C(C(=O)/C=C/c3ccccc3)=C(O)C(=O)N2c2nnc(SCc3ccc(Cl)cc3Cl)s2)ccc1OCc1ccccc1. The third-order valence-electron chi connectivity index (χ3n) is 7.49. The van der Waals surface area contributed by atoms with Gasteiger partial charge in [0.15, 0.2) is 27.4 Å². The summed E-state index contributed by atoms with van der Waals surface area (Å²) in [7, 11) is 0. The predicted octanol–water partition coefficient (Wildman–Crippen LogP) is 9.30. The van der Waals surface area contributed by atoms with Crippen molar-refractivity contribution < 1.29 is 24.2 Å². The van der Waals surface area contributed by atoms with E-state index in [9.17, 15) is 14.7 Å². The lowest BCUT2D eigenvalue weighted by atomic mass is 9.95. The summed E-state index contributed by atoms with van der Waals surface area (Å²) in [5.74, 6) is -0.548. The molecule has 0 bridgehead atoms. The van der Waals surface area contributed by atoms with Crippen molar-refractivity contribution in [2.45, 2.75) is 29.7 Å². The highest BCUT2D eigenvalue weighted by Gasteiger charge is 2.45. The zero-order valence-corrected chi connectivity index (χ0v) is 29.2. The molecule has 0 radical (unpaired) electrons. The first-order chi connectivity index (χ1) is 23.8. The van der Waals surface area contributed by atoms with Crippen LogP contribution in [-0.4, -0.2) is 33.6 Å². The number of aromatic nitrogens is 2. The lowest BCUT2D eigenvalue weighted by Crippen LogP contribution is -2.31. The lowest BCUT2D eigenvalue weighted by Gasteiger charge is -2.24. The van der Waals surface area contributed by atoms with Gasteiger partial charge in [0.05, 0.1) is 18.2 Å². The van der Waals surface area contributed by atoms with E-state index in [2.05, 4.69) is 10.2 Å². The van der Waals surface area contributed by atoms with Crippen molar-refractivity contribution in [3.05, 3.63) is 147 Å². The third-order valence-corrected chi connectivity index (χ3v) is 10.2. The van der Waals surface area contributed by atoms with E-state index < -0.39 is 23.5 Å². The van der Waals surface area contributed by atoms with E-state index in [-0.39, 0.29) is 10.7 Å². The Morgan fingerprint density at radius 2 is 1.71 bits per heavy atom. The van der Waals surface area contributed by atoms with E-state index in [1.807, 2.05) is 73.7 Å². The van der Waals surface area contributed by atoms with Crippen molar-refractivity contribution in [3.63, 3.8) is 0 Å². The number of aliphatic hydroxyl groups is 1. The number of benzene rings is 4. The normalized spacial score (nSPS) is 14.6. The molecular formula is C37H29Cl2N3O5S2. The zero-order chi connectivity index (χ0) is 34.3. The Balaban J connectivity index is 1.34. The van der Waals surface area contributed by atoms with Gasteiger partial charge in [0.1, 0.15) is 6.61 Å². The van der Waals surface area contributed by atoms with Crippen molar-refractivity contribution in [1.29, 1.82) is 0 Å². The van der Waals surface area contributed by atoms with Crippen molar-refractivity contribution >= 4 is 69.2 Å². The minimum Gasteiger partial charge on any atom is -0.503 e. The average molecular weight is 731 g/mol. The monoisotopic (exact) mass is 729 g/mol. The predicted molar refractivity (Wildman–Crippen MR) is 195 cm³/mol. The van der Waals surface area contributed by atoms with Crippen LogP contribution < -0.4 is 14.4 Å². The van der Waals surface area contributed by atoms with E-state index in [4.69, 9.17) is 32.7 Å². The number of thioether (sulfide) groups is 1. The van der Waals surface area contributed by atoms with E-state index >= 15 is 0 Å². The second kappa shape index (κ2) is 15.7. The molecule has 49 heavy (non-hydrogen) atoms. The number of hydrogen-bond acceptors (Lipinski definition) is 9. The van der Waals surface area contributed by atoms with Gasteiger partial charge in [0, 0.05) is 15.8 Å². The summed E-state index contributed by atoms with van der Waals surface area (Å²) < 4.78 is 12.6. The Morgan fingerprint density at radius 1 is 0.959 bits per heavy atom. The standard InChI is InChI=1S/C37H29Cl2N3O5S2/c1-2-46-31-19-25(15-18-30(31)47-21-24-11-7-4-8-12-24)33-32(29(43)17-13-23-9-5-3-6-10-23)34(44)35(45)42(33)36-40-41-37(49-36)48-22-26-14-16-27(38)20-28(26)39/h3-20,33,44H,2,21-22H2,1H3/b17-13+. The third kappa shape index (κ3) is 8.00. The number of carbonyl (C=O) groups is 2. The van der Waals surface area contributed by atoms with Crippen LogP contribution in [0.25, 0.3) is 6.08 Å². The fourth-order valence-corrected chi connectivity index (χ4v) is 7.58. The molecule has 12 heteroatoms. The van der Waals surface area contributed by atoms with Gasteiger partial charge in [-0.2, -0.15) is 0 Å². The van der Waals surface area contributed by atoms with Crippen LogP contribution in [0.4, 0.5) is 5.13 Å². The van der Waals surface area contributed by atoms with Gasteiger partial charge >= 0.3 is 0 Å². The van der Waals surface area contributed by atoms with Gasteiger partial charge in [0.2, 0.25) is 5.13 Å². The van der Waals surface area contributed by atoms with Crippen LogP contribution in [0.1, 0.15) is 35.2 Å². The molecule has 8 nitrogen and oxygen atoms in total. The fourth-order valence-electron chi connectivity index (χ4n) is 5.15. The number of allylic oxidation sites excluding steroid dienone is 1. The molecule has 1 amide bonds. The molecule has 2 heterocycles. The van der Waals surface area contributed by atoms with Crippen LogP contribution in [-0.2, 0) is 21.9 Å².